The Labute approximate surface area is 133 Å². The van der Waals surface area contributed by atoms with Gasteiger partial charge in [0.25, 0.3) is 0 Å². The average molecular weight is 308 g/mol. The molecule has 1 aliphatic heterocycles. The fourth-order valence-electron chi connectivity index (χ4n) is 3.93. The van der Waals surface area contributed by atoms with Gasteiger partial charge in [-0.15, -0.1) is 11.3 Å². The summed E-state index contributed by atoms with van der Waals surface area (Å²) in [6.45, 7) is 7.63. The fraction of sp³-hybridized carbons (Fsp3) is 0.824. The van der Waals surface area contributed by atoms with E-state index in [0.29, 0.717) is 6.04 Å². The van der Waals surface area contributed by atoms with E-state index in [0.717, 1.165) is 25.0 Å². The van der Waals surface area contributed by atoms with Gasteiger partial charge in [-0.3, -0.25) is 4.90 Å². The van der Waals surface area contributed by atoms with Crippen LogP contribution in [0.4, 0.5) is 0 Å². The summed E-state index contributed by atoms with van der Waals surface area (Å²) >= 11 is 1.81. The highest BCUT2D eigenvalue weighted by atomic mass is 32.1. The van der Waals surface area contributed by atoms with Crippen LogP contribution >= 0.6 is 11.3 Å². The third-order valence-corrected chi connectivity index (χ3v) is 5.88. The molecule has 1 aliphatic carbocycles. The normalized spacial score (nSPS) is 27.0. The van der Waals surface area contributed by atoms with E-state index >= 15 is 0 Å². The van der Waals surface area contributed by atoms with Crippen LogP contribution in [0.15, 0.2) is 5.38 Å². The van der Waals surface area contributed by atoms with Crippen LogP contribution in [0, 0.1) is 5.92 Å². The second-order valence-corrected chi connectivity index (χ2v) is 7.94. The number of hydrogen-bond donors (Lipinski definition) is 1. The molecule has 2 heterocycles. The van der Waals surface area contributed by atoms with Gasteiger partial charge in [0.2, 0.25) is 0 Å². The lowest BCUT2D eigenvalue weighted by Gasteiger charge is -2.44. The Balaban J connectivity index is 1.57. The molecule has 2 atom stereocenters. The lowest BCUT2D eigenvalue weighted by Crippen LogP contribution is -2.46. The van der Waals surface area contributed by atoms with Crippen molar-refractivity contribution in [3.63, 3.8) is 0 Å². The third-order valence-electron chi connectivity index (χ3n) is 4.98. The molecular formula is C17H29N3S. The molecule has 0 bridgehead atoms. The summed E-state index contributed by atoms with van der Waals surface area (Å²) in [5.41, 5.74) is 1.28. The van der Waals surface area contributed by atoms with Crippen LogP contribution < -0.4 is 5.32 Å². The molecule has 1 saturated heterocycles. The average Bonchev–Trinajstić information content (AvgIpc) is 2.93. The standard InChI is InChI=1S/C17H29N3S/c1-13(2)18-10-17-19-15(12-21-17)11-20-9-5-7-14-6-3-4-8-16(14)20/h12-14,16,18H,3-11H2,1-2H3. The molecule has 1 saturated carbocycles. The van der Waals surface area contributed by atoms with Crippen LogP contribution in [-0.4, -0.2) is 28.5 Å². The Bertz CT molecular complexity index is 441. The second kappa shape index (κ2) is 7.21. The smallest absolute Gasteiger partial charge is 0.107 e. The molecule has 118 valence electrons. The zero-order valence-electron chi connectivity index (χ0n) is 13.5. The minimum atomic E-state index is 0.530. The van der Waals surface area contributed by atoms with Gasteiger partial charge in [-0.2, -0.15) is 0 Å². The van der Waals surface area contributed by atoms with Gasteiger partial charge in [0, 0.05) is 30.6 Å². The first-order valence-electron chi connectivity index (χ1n) is 8.63. The number of thiazole rings is 1. The zero-order valence-corrected chi connectivity index (χ0v) is 14.3. The third kappa shape index (κ3) is 4.05. The van der Waals surface area contributed by atoms with Crippen molar-refractivity contribution in [3.05, 3.63) is 16.1 Å². The minimum absolute atomic E-state index is 0.530. The molecule has 2 unspecified atom stereocenters. The minimum Gasteiger partial charge on any atom is -0.308 e. The van der Waals surface area contributed by atoms with Crippen molar-refractivity contribution in [2.24, 2.45) is 5.92 Å². The Kier molecular flexibility index (Phi) is 5.30. The highest BCUT2D eigenvalue weighted by Crippen LogP contribution is 2.35. The largest absolute Gasteiger partial charge is 0.308 e. The van der Waals surface area contributed by atoms with Gasteiger partial charge in [0.15, 0.2) is 0 Å². The Morgan fingerprint density at radius 2 is 2.10 bits per heavy atom. The molecule has 1 aromatic heterocycles. The van der Waals surface area contributed by atoms with E-state index in [9.17, 15) is 0 Å². The van der Waals surface area contributed by atoms with Gasteiger partial charge in [0.1, 0.15) is 5.01 Å². The number of rotatable bonds is 5. The lowest BCUT2D eigenvalue weighted by molar-refractivity contribution is 0.0538. The molecule has 2 aliphatic rings. The maximum Gasteiger partial charge on any atom is 0.107 e. The summed E-state index contributed by atoms with van der Waals surface area (Å²) < 4.78 is 0. The Morgan fingerprint density at radius 1 is 1.29 bits per heavy atom. The Hall–Kier alpha value is -0.450. The van der Waals surface area contributed by atoms with E-state index in [1.807, 2.05) is 11.3 Å². The quantitative estimate of drug-likeness (QED) is 0.897. The van der Waals surface area contributed by atoms with Crippen molar-refractivity contribution in [2.75, 3.05) is 6.54 Å². The molecule has 3 nitrogen and oxygen atoms in total. The van der Waals surface area contributed by atoms with Crippen LogP contribution in [0.5, 0.6) is 0 Å². The monoisotopic (exact) mass is 307 g/mol. The van der Waals surface area contributed by atoms with Gasteiger partial charge < -0.3 is 5.32 Å². The highest BCUT2D eigenvalue weighted by molar-refractivity contribution is 7.09. The van der Waals surface area contributed by atoms with E-state index < -0.39 is 0 Å². The summed E-state index contributed by atoms with van der Waals surface area (Å²) in [5, 5.41) is 6.96. The number of likely N-dealkylation sites (tertiary alicyclic amines) is 1. The van der Waals surface area contributed by atoms with Crippen LogP contribution in [0.2, 0.25) is 0 Å². The molecule has 3 rings (SSSR count). The summed E-state index contributed by atoms with van der Waals surface area (Å²) in [7, 11) is 0. The van der Waals surface area contributed by atoms with Crippen LogP contribution in [0.1, 0.15) is 63.1 Å². The molecule has 21 heavy (non-hydrogen) atoms. The summed E-state index contributed by atoms with van der Waals surface area (Å²) in [6.07, 6.45) is 8.60. The van der Waals surface area contributed by atoms with E-state index in [1.54, 1.807) is 0 Å². The van der Waals surface area contributed by atoms with Crippen molar-refractivity contribution in [1.29, 1.82) is 0 Å². The van der Waals surface area contributed by atoms with Crippen molar-refractivity contribution in [2.45, 2.75) is 77.5 Å². The number of piperidine rings is 1. The zero-order chi connectivity index (χ0) is 14.7. The number of nitrogens with one attached hydrogen (secondary N) is 1. The molecular weight excluding hydrogens is 278 g/mol. The molecule has 2 fully saturated rings. The van der Waals surface area contributed by atoms with E-state index in [4.69, 9.17) is 4.98 Å². The summed E-state index contributed by atoms with van der Waals surface area (Å²) in [6, 6.07) is 1.37. The molecule has 1 N–H and O–H groups in total. The number of aromatic nitrogens is 1. The molecule has 0 spiro atoms. The molecule has 4 heteroatoms. The van der Waals surface area contributed by atoms with Gasteiger partial charge in [-0.1, -0.05) is 26.7 Å². The van der Waals surface area contributed by atoms with Crippen molar-refractivity contribution < 1.29 is 0 Å². The number of nitrogens with zero attached hydrogens (tertiary/aromatic N) is 2. The molecule has 0 radical (unpaired) electrons. The van der Waals surface area contributed by atoms with Crippen LogP contribution in [0.25, 0.3) is 0 Å². The second-order valence-electron chi connectivity index (χ2n) is 6.99. The molecule has 0 aromatic carbocycles. The first kappa shape index (κ1) is 15.4. The highest BCUT2D eigenvalue weighted by Gasteiger charge is 2.33. The molecule has 0 amide bonds. The van der Waals surface area contributed by atoms with Crippen LogP contribution in [-0.2, 0) is 13.1 Å². The van der Waals surface area contributed by atoms with E-state index in [1.165, 1.54) is 55.8 Å². The molecule has 1 aromatic rings. The Morgan fingerprint density at radius 3 is 2.95 bits per heavy atom. The van der Waals surface area contributed by atoms with Crippen molar-refractivity contribution in [1.82, 2.24) is 15.2 Å². The van der Waals surface area contributed by atoms with Gasteiger partial charge >= 0.3 is 0 Å². The van der Waals surface area contributed by atoms with Gasteiger partial charge in [-0.25, -0.2) is 4.98 Å². The number of hydrogen-bond acceptors (Lipinski definition) is 4. The fourth-order valence-corrected chi connectivity index (χ4v) is 4.66. The first-order valence-corrected chi connectivity index (χ1v) is 9.51. The summed E-state index contributed by atoms with van der Waals surface area (Å²) in [4.78, 5) is 7.55. The topological polar surface area (TPSA) is 28.2 Å². The lowest BCUT2D eigenvalue weighted by atomic mass is 9.78. The maximum absolute atomic E-state index is 4.83. The predicted molar refractivity (Wildman–Crippen MR) is 89.5 cm³/mol. The summed E-state index contributed by atoms with van der Waals surface area (Å²) in [5.74, 6) is 0.966. The van der Waals surface area contributed by atoms with Gasteiger partial charge in [0.05, 0.1) is 5.69 Å². The maximum atomic E-state index is 4.83. The van der Waals surface area contributed by atoms with E-state index in [2.05, 4.69) is 29.4 Å². The van der Waals surface area contributed by atoms with E-state index in [-0.39, 0.29) is 0 Å². The predicted octanol–water partition coefficient (Wildman–Crippen LogP) is 3.80. The van der Waals surface area contributed by atoms with Gasteiger partial charge in [-0.05, 0) is 38.1 Å². The van der Waals surface area contributed by atoms with Crippen molar-refractivity contribution in [3.8, 4) is 0 Å². The first-order chi connectivity index (χ1) is 10.2. The van der Waals surface area contributed by atoms with Crippen molar-refractivity contribution >= 4 is 11.3 Å². The SMILES string of the molecule is CC(C)NCc1nc(CN2CCCC3CCCCC32)cs1. The van der Waals surface area contributed by atoms with Crippen LogP contribution in [0.3, 0.4) is 0 Å². The number of fused-ring (bicyclic) bond motifs is 1.